The molecular formula is C26H20BrF2N3O3. The first-order valence-electron chi connectivity index (χ1n) is 10.7. The highest BCUT2D eigenvalue weighted by atomic mass is 79.9. The van der Waals surface area contributed by atoms with Gasteiger partial charge in [-0.15, -0.1) is 0 Å². The molecule has 0 aliphatic rings. The summed E-state index contributed by atoms with van der Waals surface area (Å²) in [6.07, 6.45) is 0. The highest BCUT2D eigenvalue weighted by molar-refractivity contribution is 9.10. The molecule has 3 aromatic carbocycles. The summed E-state index contributed by atoms with van der Waals surface area (Å²) < 4.78 is 34.3. The molecule has 1 N–H and O–H groups in total. The number of carbonyl (C=O) groups is 2. The summed E-state index contributed by atoms with van der Waals surface area (Å²) in [5.74, 6) is -2.35. The van der Waals surface area contributed by atoms with E-state index in [1.807, 2.05) is 24.3 Å². The zero-order valence-corrected chi connectivity index (χ0v) is 20.2. The van der Waals surface area contributed by atoms with E-state index in [0.29, 0.717) is 22.5 Å². The van der Waals surface area contributed by atoms with Crippen molar-refractivity contribution in [1.82, 2.24) is 15.1 Å². The zero-order valence-electron chi connectivity index (χ0n) is 18.6. The number of hydrogen-bond acceptors (Lipinski definition) is 4. The first-order valence-corrected chi connectivity index (χ1v) is 11.5. The Morgan fingerprint density at radius 1 is 0.971 bits per heavy atom. The molecule has 1 heterocycles. The molecule has 1 amide bonds. The smallest absolute Gasteiger partial charge is 0.358 e. The van der Waals surface area contributed by atoms with E-state index in [-0.39, 0.29) is 18.8 Å². The van der Waals surface area contributed by atoms with Crippen LogP contribution in [0.4, 0.5) is 8.78 Å². The predicted octanol–water partition coefficient (Wildman–Crippen LogP) is 5.69. The third-order valence-corrected chi connectivity index (χ3v) is 5.61. The van der Waals surface area contributed by atoms with Crippen LogP contribution in [0.15, 0.2) is 77.3 Å². The molecule has 0 saturated carbocycles. The Bertz CT molecular complexity index is 1350. The van der Waals surface area contributed by atoms with Crippen molar-refractivity contribution in [2.24, 2.45) is 0 Å². The molecular weight excluding hydrogens is 520 g/mol. The number of nitrogens with zero attached hydrogens (tertiary/aromatic N) is 2. The van der Waals surface area contributed by atoms with Crippen molar-refractivity contribution in [1.29, 1.82) is 0 Å². The van der Waals surface area contributed by atoms with Gasteiger partial charge in [0, 0.05) is 28.2 Å². The van der Waals surface area contributed by atoms with Crippen LogP contribution in [-0.4, -0.2) is 28.3 Å². The second kappa shape index (κ2) is 10.6. The Hall–Kier alpha value is -3.85. The third kappa shape index (κ3) is 5.81. The van der Waals surface area contributed by atoms with Crippen molar-refractivity contribution in [2.45, 2.75) is 13.5 Å². The van der Waals surface area contributed by atoms with Gasteiger partial charge in [-0.2, -0.15) is 5.10 Å². The lowest BCUT2D eigenvalue weighted by Gasteiger charge is -2.10. The van der Waals surface area contributed by atoms with Crippen LogP contribution in [0.1, 0.15) is 33.3 Å². The number of esters is 1. The SMILES string of the molecule is CCOC(=O)c1cc(-c2ccc(Br)cc2)n(-c2ccc(C(=O)NCc3cc(F)cc(F)c3)cc2)n1. The molecule has 1 aromatic heterocycles. The number of ether oxygens (including phenoxy) is 1. The lowest BCUT2D eigenvalue weighted by molar-refractivity contribution is 0.0518. The van der Waals surface area contributed by atoms with E-state index in [0.717, 1.165) is 28.2 Å². The van der Waals surface area contributed by atoms with Gasteiger partial charge in [0.15, 0.2) is 5.69 Å². The second-order valence-corrected chi connectivity index (χ2v) is 8.48. The van der Waals surface area contributed by atoms with Crippen LogP contribution in [0.5, 0.6) is 0 Å². The van der Waals surface area contributed by atoms with Gasteiger partial charge in [-0.3, -0.25) is 4.79 Å². The van der Waals surface area contributed by atoms with E-state index in [1.165, 1.54) is 0 Å². The summed E-state index contributed by atoms with van der Waals surface area (Å²) in [6.45, 7) is 1.93. The Kier molecular flexibility index (Phi) is 7.36. The maximum atomic E-state index is 13.4. The molecule has 0 radical (unpaired) electrons. The number of benzene rings is 3. The summed E-state index contributed by atoms with van der Waals surface area (Å²) in [7, 11) is 0. The highest BCUT2D eigenvalue weighted by Gasteiger charge is 2.18. The van der Waals surface area contributed by atoms with E-state index in [1.54, 1.807) is 41.9 Å². The monoisotopic (exact) mass is 539 g/mol. The van der Waals surface area contributed by atoms with Crippen LogP contribution < -0.4 is 5.32 Å². The first-order chi connectivity index (χ1) is 16.8. The second-order valence-electron chi connectivity index (χ2n) is 7.56. The maximum Gasteiger partial charge on any atom is 0.358 e. The summed E-state index contributed by atoms with van der Waals surface area (Å²) >= 11 is 3.41. The Balaban J connectivity index is 1.58. The number of nitrogens with one attached hydrogen (secondary N) is 1. The number of carbonyl (C=O) groups excluding carboxylic acids is 2. The highest BCUT2D eigenvalue weighted by Crippen LogP contribution is 2.26. The molecule has 0 fully saturated rings. The fourth-order valence-electron chi connectivity index (χ4n) is 3.46. The van der Waals surface area contributed by atoms with Crippen molar-refractivity contribution in [3.8, 4) is 16.9 Å². The fraction of sp³-hybridized carbons (Fsp3) is 0.115. The van der Waals surface area contributed by atoms with Gasteiger partial charge in [-0.05, 0) is 67.1 Å². The minimum absolute atomic E-state index is 0.0228. The topological polar surface area (TPSA) is 73.2 Å². The van der Waals surface area contributed by atoms with E-state index < -0.39 is 23.5 Å². The van der Waals surface area contributed by atoms with E-state index in [9.17, 15) is 18.4 Å². The van der Waals surface area contributed by atoms with Gasteiger partial charge in [0.1, 0.15) is 11.6 Å². The quantitative estimate of drug-likeness (QED) is 0.306. The van der Waals surface area contributed by atoms with Gasteiger partial charge in [-0.25, -0.2) is 18.3 Å². The molecule has 0 aliphatic heterocycles. The normalized spacial score (nSPS) is 10.7. The zero-order chi connectivity index (χ0) is 24.9. The molecule has 0 unspecified atom stereocenters. The van der Waals surface area contributed by atoms with Crippen LogP contribution in [0.2, 0.25) is 0 Å². The predicted molar refractivity (Wildman–Crippen MR) is 130 cm³/mol. The van der Waals surface area contributed by atoms with E-state index >= 15 is 0 Å². The van der Waals surface area contributed by atoms with E-state index in [4.69, 9.17) is 4.74 Å². The average molecular weight is 540 g/mol. The van der Waals surface area contributed by atoms with Crippen LogP contribution in [0.25, 0.3) is 16.9 Å². The molecule has 0 bridgehead atoms. The third-order valence-electron chi connectivity index (χ3n) is 5.08. The molecule has 6 nitrogen and oxygen atoms in total. The molecule has 9 heteroatoms. The molecule has 4 aromatic rings. The number of halogens is 3. The summed E-state index contributed by atoms with van der Waals surface area (Å²) in [6, 6.07) is 18.9. The van der Waals surface area contributed by atoms with E-state index in [2.05, 4.69) is 26.3 Å². The van der Waals surface area contributed by atoms with Gasteiger partial charge in [0.2, 0.25) is 0 Å². The standard InChI is InChI=1S/C26H20BrF2N3O3/c1-2-35-26(34)23-14-24(17-3-7-19(27)8-4-17)32(31-23)22-9-5-18(6-10-22)25(33)30-15-16-11-20(28)13-21(29)12-16/h3-14H,2,15H2,1H3,(H,30,33). The molecule has 35 heavy (non-hydrogen) atoms. The lowest BCUT2D eigenvalue weighted by atomic mass is 10.1. The maximum absolute atomic E-state index is 13.4. The largest absolute Gasteiger partial charge is 0.461 e. The van der Waals surface area contributed by atoms with Gasteiger partial charge in [0.05, 0.1) is 18.0 Å². The molecule has 0 aliphatic carbocycles. The fourth-order valence-corrected chi connectivity index (χ4v) is 3.72. The number of hydrogen-bond donors (Lipinski definition) is 1. The van der Waals surface area contributed by atoms with Crippen molar-refractivity contribution in [3.05, 3.63) is 106 Å². The summed E-state index contributed by atoms with van der Waals surface area (Å²) in [5, 5.41) is 7.07. The summed E-state index contributed by atoms with van der Waals surface area (Å²) in [4.78, 5) is 24.8. The number of rotatable bonds is 7. The van der Waals surface area contributed by atoms with Gasteiger partial charge >= 0.3 is 5.97 Å². The molecule has 4 rings (SSSR count). The lowest BCUT2D eigenvalue weighted by Crippen LogP contribution is -2.22. The van der Waals surface area contributed by atoms with Crippen LogP contribution in [0, 0.1) is 11.6 Å². The Labute approximate surface area is 208 Å². The van der Waals surface area contributed by atoms with Gasteiger partial charge in [0.25, 0.3) is 5.91 Å². The van der Waals surface area contributed by atoms with Crippen molar-refractivity contribution in [2.75, 3.05) is 6.61 Å². The summed E-state index contributed by atoms with van der Waals surface area (Å²) in [5.41, 5.74) is 2.96. The minimum atomic E-state index is -0.707. The first kappa shape index (κ1) is 24.3. The van der Waals surface area contributed by atoms with Crippen molar-refractivity contribution >= 4 is 27.8 Å². The van der Waals surface area contributed by atoms with Crippen LogP contribution >= 0.6 is 15.9 Å². The molecule has 0 saturated heterocycles. The van der Waals surface area contributed by atoms with Crippen molar-refractivity contribution in [3.63, 3.8) is 0 Å². The van der Waals surface area contributed by atoms with Crippen molar-refractivity contribution < 1.29 is 23.1 Å². The number of aromatic nitrogens is 2. The van der Waals surface area contributed by atoms with Gasteiger partial charge in [-0.1, -0.05) is 28.1 Å². The minimum Gasteiger partial charge on any atom is -0.461 e. The molecule has 178 valence electrons. The van der Waals surface area contributed by atoms with Crippen LogP contribution in [0.3, 0.4) is 0 Å². The number of amides is 1. The Morgan fingerprint density at radius 3 is 2.26 bits per heavy atom. The Morgan fingerprint density at radius 2 is 1.63 bits per heavy atom. The molecule has 0 spiro atoms. The average Bonchev–Trinajstić information content (AvgIpc) is 3.28. The van der Waals surface area contributed by atoms with Crippen LogP contribution in [-0.2, 0) is 11.3 Å². The molecule has 0 atom stereocenters. The van der Waals surface area contributed by atoms with Gasteiger partial charge < -0.3 is 10.1 Å².